The summed E-state index contributed by atoms with van der Waals surface area (Å²) in [6, 6.07) is 10.5. The summed E-state index contributed by atoms with van der Waals surface area (Å²) in [6.07, 6.45) is 6.85. The highest BCUT2D eigenvalue weighted by atomic mass is 16.2. The van der Waals surface area contributed by atoms with Crippen LogP contribution in [0, 0.1) is 5.92 Å². The molecule has 1 heterocycles. The fraction of sp³-hybridized carbons (Fsp3) is 0.588. The van der Waals surface area contributed by atoms with E-state index in [4.69, 9.17) is 0 Å². The van der Waals surface area contributed by atoms with Crippen LogP contribution in [0.5, 0.6) is 0 Å². The molecule has 1 saturated carbocycles. The van der Waals surface area contributed by atoms with E-state index in [1.54, 1.807) is 0 Å². The molecule has 1 amide bonds. The monoisotopic (exact) mass is 272 g/mol. The number of rotatable bonds is 5. The molecule has 3 heteroatoms. The molecule has 3 rings (SSSR count). The van der Waals surface area contributed by atoms with Crippen LogP contribution in [0.25, 0.3) is 0 Å². The summed E-state index contributed by atoms with van der Waals surface area (Å²) in [5, 5.41) is 3.43. The third kappa shape index (κ3) is 3.21. The van der Waals surface area contributed by atoms with Crippen LogP contribution in [0.1, 0.15) is 38.5 Å². The Morgan fingerprint density at radius 3 is 2.55 bits per heavy atom. The first-order valence-electron chi connectivity index (χ1n) is 7.92. The Hall–Kier alpha value is -1.35. The molecule has 1 aliphatic carbocycles. The maximum absolute atomic E-state index is 12.7. The predicted molar refractivity (Wildman–Crippen MR) is 81.8 cm³/mol. The Kier molecular flexibility index (Phi) is 4.36. The van der Waals surface area contributed by atoms with Gasteiger partial charge in [0.15, 0.2) is 0 Å². The lowest BCUT2D eigenvalue weighted by Crippen LogP contribution is -2.40. The van der Waals surface area contributed by atoms with Crippen LogP contribution in [-0.4, -0.2) is 25.0 Å². The van der Waals surface area contributed by atoms with E-state index in [9.17, 15) is 4.79 Å². The largest absolute Gasteiger partial charge is 0.313 e. The van der Waals surface area contributed by atoms with Gasteiger partial charge >= 0.3 is 0 Å². The summed E-state index contributed by atoms with van der Waals surface area (Å²) in [4.78, 5) is 14.7. The molecule has 3 nitrogen and oxygen atoms in total. The van der Waals surface area contributed by atoms with Gasteiger partial charge in [0.05, 0.1) is 0 Å². The van der Waals surface area contributed by atoms with Gasteiger partial charge in [-0.15, -0.1) is 0 Å². The van der Waals surface area contributed by atoms with Gasteiger partial charge in [0.1, 0.15) is 0 Å². The van der Waals surface area contributed by atoms with E-state index in [-0.39, 0.29) is 5.91 Å². The summed E-state index contributed by atoms with van der Waals surface area (Å²) in [5.41, 5.74) is 1.06. The molecule has 1 aromatic rings. The van der Waals surface area contributed by atoms with Gasteiger partial charge < -0.3 is 10.2 Å². The van der Waals surface area contributed by atoms with Gasteiger partial charge in [0, 0.05) is 24.7 Å². The number of anilines is 1. The number of nitrogens with zero attached hydrogens (tertiary/aromatic N) is 1. The SMILES string of the molecule is O=C(CC1CCCN1)N(CC1CCC1)c1ccccc1. The van der Waals surface area contributed by atoms with E-state index in [1.165, 1.54) is 25.7 Å². The smallest absolute Gasteiger partial charge is 0.228 e. The lowest BCUT2D eigenvalue weighted by molar-refractivity contribution is -0.119. The van der Waals surface area contributed by atoms with Crippen LogP contribution in [0.4, 0.5) is 5.69 Å². The number of hydrogen-bond acceptors (Lipinski definition) is 2. The molecule has 1 aromatic carbocycles. The van der Waals surface area contributed by atoms with Crippen molar-refractivity contribution in [3.8, 4) is 0 Å². The van der Waals surface area contributed by atoms with Crippen LogP contribution in [0.3, 0.4) is 0 Å². The minimum Gasteiger partial charge on any atom is -0.313 e. The van der Waals surface area contributed by atoms with Gasteiger partial charge in [-0.05, 0) is 50.3 Å². The van der Waals surface area contributed by atoms with Crippen LogP contribution < -0.4 is 10.2 Å². The molecule has 20 heavy (non-hydrogen) atoms. The maximum Gasteiger partial charge on any atom is 0.228 e. The van der Waals surface area contributed by atoms with Gasteiger partial charge in [-0.3, -0.25) is 4.79 Å². The minimum absolute atomic E-state index is 0.280. The van der Waals surface area contributed by atoms with E-state index in [0.29, 0.717) is 18.4 Å². The standard InChI is InChI=1S/C17H24N2O/c20-17(12-15-8-5-11-18-15)19(13-14-6-4-7-14)16-9-2-1-3-10-16/h1-3,9-10,14-15,18H,4-8,11-13H2. The zero-order valence-corrected chi connectivity index (χ0v) is 12.1. The van der Waals surface area contributed by atoms with Crippen molar-refractivity contribution in [3.63, 3.8) is 0 Å². The molecule has 108 valence electrons. The molecular formula is C17H24N2O. The molecule has 1 N–H and O–H groups in total. The van der Waals surface area contributed by atoms with Crippen molar-refractivity contribution in [1.29, 1.82) is 0 Å². The Morgan fingerprint density at radius 2 is 1.95 bits per heavy atom. The van der Waals surface area contributed by atoms with Crippen LogP contribution in [-0.2, 0) is 4.79 Å². The fourth-order valence-corrected chi connectivity index (χ4v) is 3.14. The van der Waals surface area contributed by atoms with E-state index >= 15 is 0 Å². The summed E-state index contributed by atoms with van der Waals surface area (Å²) in [6.45, 7) is 1.96. The van der Waals surface area contributed by atoms with Crippen molar-refractivity contribution >= 4 is 11.6 Å². The Morgan fingerprint density at radius 1 is 1.15 bits per heavy atom. The first kappa shape index (κ1) is 13.6. The molecule has 0 aromatic heterocycles. The van der Waals surface area contributed by atoms with E-state index in [0.717, 1.165) is 25.2 Å². The zero-order chi connectivity index (χ0) is 13.8. The lowest BCUT2D eigenvalue weighted by atomic mass is 9.85. The van der Waals surface area contributed by atoms with Crippen LogP contribution in [0.15, 0.2) is 30.3 Å². The third-order valence-corrected chi connectivity index (χ3v) is 4.62. The van der Waals surface area contributed by atoms with E-state index in [1.807, 2.05) is 23.1 Å². The number of carbonyl (C=O) groups excluding carboxylic acids is 1. The molecule has 1 saturated heterocycles. The van der Waals surface area contributed by atoms with Crippen molar-refractivity contribution < 1.29 is 4.79 Å². The highest BCUT2D eigenvalue weighted by molar-refractivity contribution is 5.93. The van der Waals surface area contributed by atoms with Gasteiger partial charge in [-0.25, -0.2) is 0 Å². The van der Waals surface area contributed by atoms with Gasteiger partial charge in [-0.1, -0.05) is 24.6 Å². The molecule has 0 bridgehead atoms. The van der Waals surface area contributed by atoms with Crippen molar-refractivity contribution in [2.45, 2.75) is 44.6 Å². The maximum atomic E-state index is 12.7. The molecule has 2 fully saturated rings. The van der Waals surface area contributed by atoms with E-state index in [2.05, 4.69) is 17.4 Å². The number of carbonyl (C=O) groups is 1. The molecule has 2 aliphatic rings. The molecule has 0 radical (unpaired) electrons. The Balaban J connectivity index is 1.68. The van der Waals surface area contributed by atoms with Crippen LogP contribution in [0.2, 0.25) is 0 Å². The molecule has 1 unspecified atom stereocenters. The molecule has 1 atom stereocenters. The number of para-hydroxylation sites is 1. The fourth-order valence-electron chi connectivity index (χ4n) is 3.14. The van der Waals surface area contributed by atoms with Gasteiger partial charge in [0.25, 0.3) is 0 Å². The first-order chi connectivity index (χ1) is 9.83. The minimum atomic E-state index is 0.280. The zero-order valence-electron chi connectivity index (χ0n) is 12.1. The molecule has 1 aliphatic heterocycles. The second-order valence-corrected chi connectivity index (χ2v) is 6.13. The summed E-state index contributed by atoms with van der Waals surface area (Å²) < 4.78 is 0. The van der Waals surface area contributed by atoms with Crippen molar-refractivity contribution in [2.75, 3.05) is 18.0 Å². The third-order valence-electron chi connectivity index (χ3n) is 4.62. The Bertz CT molecular complexity index is 436. The number of amides is 1. The average Bonchev–Trinajstić information content (AvgIpc) is 2.91. The highest BCUT2D eigenvalue weighted by Gasteiger charge is 2.27. The van der Waals surface area contributed by atoms with E-state index < -0.39 is 0 Å². The number of hydrogen-bond donors (Lipinski definition) is 1. The second-order valence-electron chi connectivity index (χ2n) is 6.13. The molecule has 0 spiro atoms. The van der Waals surface area contributed by atoms with Gasteiger partial charge in [0.2, 0.25) is 5.91 Å². The number of nitrogens with one attached hydrogen (secondary N) is 1. The second kappa shape index (κ2) is 6.40. The van der Waals surface area contributed by atoms with Crippen LogP contribution >= 0.6 is 0 Å². The quantitative estimate of drug-likeness (QED) is 0.893. The lowest BCUT2D eigenvalue weighted by Gasteiger charge is -2.33. The van der Waals surface area contributed by atoms with Crippen molar-refractivity contribution in [1.82, 2.24) is 5.32 Å². The van der Waals surface area contributed by atoms with Crippen molar-refractivity contribution in [3.05, 3.63) is 30.3 Å². The highest BCUT2D eigenvalue weighted by Crippen LogP contribution is 2.29. The normalized spacial score (nSPS) is 22.5. The first-order valence-corrected chi connectivity index (χ1v) is 7.92. The molecular weight excluding hydrogens is 248 g/mol. The van der Waals surface area contributed by atoms with Gasteiger partial charge in [-0.2, -0.15) is 0 Å². The summed E-state index contributed by atoms with van der Waals surface area (Å²) in [5.74, 6) is 0.984. The number of benzene rings is 1. The van der Waals surface area contributed by atoms with Crippen molar-refractivity contribution in [2.24, 2.45) is 5.92 Å². The topological polar surface area (TPSA) is 32.3 Å². The Labute approximate surface area is 121 Å². The average molecular weight is 272 g/mol. The summed E-state index contributed by atoms with van der Waals surface area (Å²) >= 11 is 0. The summed E-state index contributed by atoms with van der Waals surface area (Å²) in [7, 11) is 0. The predicted octanol–water partition coefficient (Wildman–Crippen LogP) is 2.96.